The molecular formula is C11H17NO3. The van der Waals surface area contributed by atoms with Gasteiger partial charge in [-0.1, -0.05) is 13.8 Å². The molecule has 4 heteroatoms. The molecule has 0 fully saturated rings. The number of hydrogen-bond donors (Lipinski definition) is 3. The quantitative estimate of drug-likeness (QED) is 0.718. The van der Waals surface area contributed by atoms with Crippen molar-refractivity contribution in [2.45, 2.75) is 20.8 Å². The lowest BCUT2D eigenvalue weighted by molar-refractivity contribution is 0.0694. The Bertz CT molecular complexity index is 324. The minimum absolute atomic E-state index is 0.0818. The number of carboxylic acid groups (broad SMARTS) is 1. The van der Waals surface area contributed by atoms with Gasteiger partial charge in [-0.15, -0.1) is 0 Å². The first-order chi connectivity index (χ1) is 7.15. The van der Waals surface area contributed by atoms with Crippen LogP contribution in [0.15, 0.2) is 18.2 Å². The highest BCUT2D eigenvalue weighted by atomic mass is 16.4. The zero-order valence-electron chi connectivity index (χ0n) is 9.24. The molecule has 4 nitrogen and oxygen atoms in total. The molecule has 3 N–H and O–H groups in total. The molecule has 1 aromatic carbocycles. The van der Waals surface area contributed by atoms with Crippen molar-refractivity contribution in [1.82, 2.24) is 0 Å². The number of nitrogens with one attached hydrogen (secondary N) is 1. The topological polar surface area (TPSA) is 69.6 Å². The monoisotopic (exact) mass is 211 g/mol. The van der Waals surface area contributed by atoms with E-state index >= 15 is 0 Å². The normalized spacial score (nSPS) is 8.73. The summed E-state index contributed by atoms with van der Waals surface area (Å²) in [5, 5.41) is 20.8. The van der Waals surface area contributed by atoms with Crippen LogP contribution in [0.3, 0.4) is 0 Å². The van der Waals surface area contributed by atoms with Crippen molar-refractivity contribution in [3.8, 4) is 5.75 Å². The Morgan fingerprint density at radius 1 is 1.40 bits per heavy atom. The van der Waals surface area contributed by atoms with Crippen molar-refractivity contribution in [2.75, 3.05) is 11.9 Å². The number of carboxylic acids is 1. The molecule has 1 rings (SSSR count). The van der Waals surface area contributed by atoms with Crippen LogP contribution in [0.1, 0.15) is 31.1 Å². The molecule has 0 aliphatic heterocycles. The van der Waals surface area contributed by atoms with Gasteiger partial charge in [-0.3, -0.25) is 0 Å². The number of phenols is 1. The molecule has 0 unspecified atom stereocenters. The summed E-state index contributed by atoms with van der Waals surface area (Å²) in [6.07, 6.45) is 0. The molecule has 0 aliphatic rings. The van der Waals surface area contributed by atoms with E-state index in [2.05, 4.69) is 5.32 Å². The molecule has 0 aromatic heterocycles. The molecule has 1 aromatic rings. The number of carbonyl (C=O) groups is 1. The predicted octanol–water partition coefficient (Wildman–Crippen LogP) is 2.55. The Balaban J connectivity index is 0.000000921. The number of hydrogen-bond acceptors (Lipinski definition) is 3. The maximum Gasteiger partial charge on any atom is 0.339 e. The number of anilines is 1. The highest BCUT2D eigenvalue weighted by Gasteiger charge is 2.08. The molecule has 0 atom stereocenters. The SMILES string of the molecule is CC.CCNc1ccc(C(=O)O)c(O)c1. The van der Waals surface area contributed by atoms with Crippen molar-refractivity contribution in [1.29, 1.82) is 0 Å². The van der Waals surface area contributed by atoms with Gasteiger partial charge in [-0.05, 0) is 19.1 Å². The van der Waals surface area contributed by atoms with Gasteiger partial charge >= 0.3 is 5.97 Å². The molecule has 0 saturated carbocycles. The van der Waals surface area contributed by atoms with Gasteiger partial charge in [-0.2, -0.15) is 0 Å². The summed E-state index contributed by atoms with van der Waals surface area (Å²) >= 11 is 0. The predicted molar refractivity (Wildman–Crippen MR) is 60.6 cm³/mol. The van der Waals surface area contributed by atoms with Gasteiger partial charge in [-0.25, -0.2) is 4.79 Å². The van der Waals surface area contributed by atoms with Gasteiger partial charge in [0.2, 0.25) is 0 Å². The van der Waals surface area contributed by atoms with Gasteiger partial charge in [0, 0.05) is 18.3 Å². The van der Waals surface area contributed by atoms with Crippen LogP contribution in [0.5, 0.6) is 5.75 Å². The highest BCUT2D eigenvalue weighted by Crippen LogP contribution is 2.21. The van der Waals surface area contributed by atoms with E-state index in [4.69, 9.17) is 5.11 Å². The zero-order chi connectivity index (χ0) is 11.8. The standard InChI is InChI=1S/C9H11NO3.C2H6/c1-2-10-6-3-4-7(9(12)13)8(11)5-6;1-2/h3-5,10-11H,2H2,1H3,(H,12,13);1-2H3. The molecular weight excluding hydrogens is 194 g/mol. The summed E-state index contributed by atoms with van der Waals surface area (Å²) < 4.78 is 0. The molecule has 0 heterocycles. The second-order valence-corrected chi connectivity index (χ2v) is 2.57. The van der Waals surface area contributed by atoms with Crippen LogP contribution in [0.25, 0.3) is 0 Å². The highest BCUT2D eigenvalue weighted by molar-refractivity contribution is 5.91. The first-order valence-electron chi connectivity index (χ1n) is 4.95. The van der Waals surface area contributed by atoms with E-state index in [9.17, 15) is 9.90 Å². The fraction of sp³-hybridized carbons (Fsp3) is 0.364. The van der Waals surface area contributed by atoms with Crippen LogP contribution in [-0.2, 0) is 0 Å². The molecule has 0 bridgehead atoms. The largest absolute Gasteiger partial charge is 0.507 e. The van der Waals surface area contributed by atoms with E-state index in [0.29, 0.717) is 5.69 Å². The molecule has 0 saturated heterocycles. The minimum Gasteiger partial charge on any atom is -0.507 e. The van der Waals surface area contributed by atoms with E-state index in [1.807, 2.05) is 20.8 Å². The molecule has 0 spiro atoms. The number of rotatable bonds is 3. The second-order valence-electron chi connectivity index (χ2n) is 2.57. The molecule has 0 amide bonds. The summed E-state index contributed by atoms with van der Waals surface area (Å²) in [5.74, 6) is -1.34. The van der Waals surface area contributed by atoms with Crippen LogP contribution in [-0.4, -0.2) is 22.7 Å². The van der Waals surface area contributed by atoms with Gasteiger partial charge in [0.1, 0.15) is 11.3 Å². The summed E-state index contributed by atoms with van der Waals surface area (Å²) in [5.41, 5.74) is 0.631. The molecule has 15 heavy (non-hydrogen) atoms. The van der Waals surface area contributed by atoms with Crippen molar-refractivity contribution in [3.05, 3.63) is 23.8 Å². The summed E-state index contributed by atoms with van der Waals surface area (Å²) in [7, 11) is 0. The lowest BCUT2D eigenvalue weighted by atomic mass is 10.2. The van der Waals surface area contributed by atoms with E-state index in [1.54, 1.807) is 6.07 Å². The lowest BCUT2D eigenvalue weighted by Gasteiger charge is -2.04. The van der Waals surface area contributed by atoms with Crippen LogP contribution < -0.4 is 5.32 Å². The first-order valence-corrected chi connectivity index (χ1v) is 4.95. The average Bonchev–Trinajstić information content (AvgIpc) is 2.21. The fourth-order valence-electron chi connectivity index (χ4n) is 1.03. The molecule has 0 aliphatic carbocycles. The van der Waals surface area contributed by atoms with Crippen molar-refractivity contribution in [2.24, 2.45) is 0 Å². The fourth-order valence-corrected chi connectivity index (χ4v) is 1.03. The Morgan fingerprint density at radius 2 is 2.00 bits per heavy atom. The third-order valence-electron chi connectivity index (χ3n) is 1.61. The summed E-state index contributed by atoms with van der Waals surface area (Å²) in [6.45, 7) is 6.65. The van der Waals surface area contributed by atoms with E-state index < -0.39 is 5.97 Å². The second kappa shape index (κ2) is 6.70. The first kappa shape index (κ1) is 13.3. The van der Waals surface area contributed by atoms with E-state index in [1.165, 1.54) is 12.1 Å². The zero-order valence-corrected chi connectivity index (χ0v) is 9.24. The van der Waals surface area contributed by atoms with Gasteiger partial charge in [0.15, 0.2) is 0 Å². The van der Waals surface area contributed by atoms with Gasteiger partial charge in [0.25, 0.3) is 0 Å². The number of benzene rings is 1. The van der Waals surface area contributed by atoms with Crippen molar-refractivity contribution < 1.29 is 15.0 Å². The average molecular weight is 211 g/mol. The van der Waals surface area contributed by atoms with Crippen molar-refractivity contribution >= 4 is 11.7 Å². The van der Waals surface area contributed by atoms with Crippen LogP contribution in [0, 0.1) is 0 Å². The minimum atomic E-state index is -1.12. The van der Waals surface area contributed by atoms with E-state index in [0.717, 1.165) is 6.54 Å². The Morgan fingerprint density at radius 3 is 2.40 bits per heavy atom. The third kappa shape index (κ3) is 3.89. The van der Waals surface area contributed by atoms with Gasteiger partial charge in [0.05, 0.1) is 0 Å². The van der Waals surface area contributed by atoms with Crippen molar-refractivity contribution in [3.63, 3.8) is 0 Å². The Kier molecular flexibility index (Phi) is 5.94. The van der Waals surface area contributed by atoms with Crippen LogP contribution >= 0.6 is 0 Å². The maximum absolute atomic E-state index is 10.5. The van der Waals surface area contributed by atoms with E-state index in [-0.39, 0.29) is 11.3 Å². The van der Waals surface area contributed by atoms with Crippen LogP contribution in [0.4, 0.5) is 5.69 Å². The number of aromatic carboxylic acids is 1. The van der Waals surface area contributed by atoms with Crippen LogP contribution in [0.2, 0.25) is 0 Å². The van der Waals surface area contributed by atoms with Gasteiger partial charge < -0.3 is 15.5 Å². The smallest absolute Gasteiger partial charge is 0.339 e. The number of aromatic hydroxyl groups is 1. The molecule has 84 valence electrons. The third-order valence-corrected chi connectivity index (χ3v) is 1.61. The molecule has 0 radical (unpaired) electrons. The lowest BCUT2D eigenvalue weighted by Crippen LogP contribution is -1.99. The summed E-state index contributed by atoms with van der Waals surface area (Å²) in [4.78, 5) is 10.5. The maximum atomic E-state index is 10.5. The summed E-state index contributed by atoms with van der Waals surface area (Å²) in [6, 6.07) is 4.38. The Hall–Kier alpha value is -1.71. The Labute approximate surface area is 89.6 Å².